The van der Waals surface area contributed by atoms with Crippen molar-refractivity contribution in [2.24, 2.45) is 0 Å². The highest BCUT2D eigenvalue weighted by Gasteiger charge is 2.39. The van der Waals surface area contributed by atoms with Crippen molar-refractivity contribution in [1.29, 1.82) is 0 Å². The molecule has 1 fully saturated rings. The van der Waals surface area contributed by atoms with Crippen LogP contribution in [0.25, 0.3) is 5.65 Å². The minimum atomic E-state index is -5.23. The summed E-state index contributed by atoms with van der Waals surface area (Å²) in [6, 6.07) is 0. The Kier molecular flexibility index (Phi) is 6.13. The Bertz CT molecular complexity index is 1020. The molecule has 1 aliphatic heterocycles. The molecular formula is C15H25N6O7P2+. The zero-order valence-corrected chi connectivity index (χ0v) is 18.0. The van der Waals surface area contributed by atoms with E-state index in [9.17, 15) is 14.0 Å². The fourth-order valence-corrected chi connectivity index (χ4v) is 5.50. The number of rotatable bonds is 8. The van der Waals surface area contributed by atoms with Crippen LogP contribution in [0.1, 0.15) is 36.8 Å². The molecule has 30 heavy (non-hydrogen) atoms. The van der Waals surface area contributed by atoms with Gasteiger partial charge in [0.1, 0.15) is 0 Å². The molecule has 0 saturated carbocycles. The van der Waals surface area contributed by atoms with Crippen LogP contribution in [0.15, 0.2) is 6.33 Å². The minimum Gasteiger partial charge on any atom is -0.365 e. The van der Waals surface area contributed by atoms with Crippen LogP contribution in [-0.4, -0.2) is 60.5 Å². The number of fused-ring (bicyclic) bond motifs is 3. The molecule has 3 heterocycles. The molecule has 0 radical (unpaired) electrons. The van der Waals surface area contributed by atoms with Crippen molar-refractivity contribution < 1.29 is 37.6 Å². The monoisotopic (exact) mass is 463 g/mol. The number of hydrogen-bond donors (Lipinski definition) is 4. The van der Waals surface area contributed by atoms with Crippen molar-refractivity contribution in [3.8, 4) is 0 Å². The number of nitrogens with zero attached hydrogens (tertiary/aromatic N) is 5. The lowest BCUT2D eigenvalue weighted by Gasteiger charge is -2.19. The SMILES string of the molecule is O=P(O)(O)OP(=O)(O)O[n+]1ncn2nc(NCCN3CCCC3)c3c(c21)CCCC3. The van der Waals surface area contributed by atoms with Crippen LogP contribution in [0.5, 0.6) is 0 Å². The lowest BCUT2D eigenvalue weighted by Crippen LogP contribution is -2.44. The Morgan fingerprint density at radius 1 is 1.10 bits per heavy atom. The van der Waals surface area contributed by atoms with E-state index in [0.717, 1.165) is 67.2 Å². The summed E-state index contributed by atoms with van der Waals surface area (Å²) in [6.07, 6.45) is 7.14. The highest BCUT2D eigenvalue weighted by Crippen LogP contribution is 2.54. The zero-order valence-electron chi connectivity index (χ0n) is 16.3. The van der Waals surface area contributed by atoms with Crippen molar-refractivity contribution in [3.05, 3.63) is 17.5 Å². The maximum atomic E-state index is 12.0. The predicted molar refractivity (Wildman–Crippen MR) is 104 cm³/mol. The lowest BCUT2D eigenvalue weighted by atomic mass is 9.93. The second-order valence-electron chi connectivity index (χ2n) is 7.38. The first-order valence-corrected chi connectivity index (χ1v) is 12.8. The number of likely N-dealkylation sites (tertiary alicyclic amines) is 1. The van der Waals surface area contributed by atoms with Crippen LogP contribution in [0.4, 0.5) is 5.82 Å². The maximum absolute atomic E-state index is 12.0. The fourth-order valence-electron chi connectivity index (χ4n) is 3.99. The highest BCUT2D eigenvalue weighted by molar-refractivity contribution is 7.60. The van der Waals surface area contributed by atoms with Gasteiger partial charge in [0.2, 0.25) is 0 Å². The minimum absolute atomic E-state index is 0.318. The van der Waals surface area contributed by atoms with Gasteiger partial charge in [0, 0.05) is 18.7 Å². The lowest BCUT2D eigenvalue weighted by molar-refractivity contribution is -0.885. The van der Waals surface area contributed by atoms with E-state index < -0.39 is 15.6 Å². The van der Waals surface area contributed by atoms with Gasteiger partial charge < -0.3 is 20.0 Å². The summed E-state index contributed by atoms with van der Waals surface area (Å²) in [5.41, 5.74) is 2.16. The van der Waals surface area contributed by atoms with Gasteiger partial charge in [0.05, 0.1) is 10.4 Å². The van der Waals surface area contributed by atoms with Gasteiger partial charge in [0.15, 0.2) is 5.82 Å². The number of anilines is 1. The summed E-state index contributed by atoms with van der Waals surface area (Å²) in [5, 5.41) is 11.8. The molecular weight excluding hydrogens is 438 g/mol. The number of hydrogen-bond acceptors (Lipinski definition) is 8. The molecule has 1 saturated heterocycles. The number of aromatic nitrogens is 4. The summed E-state index contributed by atoms with van der Waals surface area (Å²) in [7, 11) is -10.3. The molecule has 13 nitrogen and oxygen atoms in total. The zero-order chi connectivity index (χ0) is 21.4. The van der Waals surface area contributed by atoms with Crippen molar-refractivity contribution in [1.82, 2.24) is 19.6 Å². The maximum Gasteiger partial charge on any atom is 0.575 e. The third kappa shape index (κ3) is 5.00. The van der Waals surface area contributed by atoms with Gasteiger partial charge in [-0.25, -0.2) is 13.8 Å². The van der Waals surface area contributed by atoms with Gasteiger partial charge in [0.25, 0.3) is 6.33 Å². The quantitative estimate of drug-likeness (QED) is 0.309. The van der Waals surface area contributed by atoms with Gasteiger partial charge in [-0.1, -0.05) is 9.61 Å². The van der Waals surface area contributed by atoms with Crippen molar-refractivity contribution in [2.45, 2.75) is 38.5 Å². The van der Waals surface area contributed by atoms with Crippen LogP contribution >= 0.6 is 15.6 Å². The predicted octanol–water partition coefficient (Wildman–Crippen LogP) is 0.0416. The first kappa shape index (κ1) is 21.6. The Morgan fingerprint density at radius 3 is 2.50 bits per heavy atom. The molecule has 2 aromatic rings. The van der Waals surface area contributed by atoms with E-state index in [1.165, 1.54) is 23.7 Å². The van der Waals surface area contributed by atoms with E-state index in [0.29, 0.717) is 12.1 Å². The normalized spacial score (nSPS) is 19.6. The van der Waals surface area contributed by atoms with E-state index >= 15 is 0 Å². The van der Waals surface area contributed by atoms with E-state index in [-0.39, 0.29) is 0 Å². The van der Waals surface area contributed by atoms with Gasteiger partial charge in [-0.2, -0.15) is 4.31 Å². The van der Waals surface area contributed by atoms with Crippen LogP contribution in [0, 0.1) is 0 Å². The van der Waals surface area contributed by atoms with Gasteiger partial charge in [-0.05, 0) is 56.7 Å². The molecule has 1 atom stereocenters. The van der Waals surface area contributed by atoms with Crippen LogP contribution in [0.2, 0.25) is 0 Å². The topological polar surface area (TPSA) is 163 Å². The first-order valence-electron chi connectivity index (χ1n) is 9.79. The molecule has 2 aromatic heterocycles. The number of aryl methyl sites for hydroxylation is 1. The number of phosphoric acid groups is 2. The van der Waals surface area contributed by atoms with Gasteiger partial charge in [-0.15, -0.1) is 0 Å². The second kappa shape index (κ2) is 8.51. The molecule has 0 aromatic carbocycles. The van der Waals surface area contributed by atoms with E-state index in [4.69, 9.17) is 14.4 Å². The second-order valence-corrected chi connectivity index (χ2v) is 10.1. The van der Waals surface area contributed by atoms with E-state index in [2.05, 4.69) is 24.7 Å². The van der Waals surface area contributed by atoms with Crippen molar-refractivity contribution >= 4 is 27.1 Å². The third-order valence-electron chi connectivity index (χ3n) is 5.20. The summed E-state index contributed by atoms with van der Waals surface area (Å²) < 4.78 is 32.9. The molecule has 4 rings (SSSR count). The number of nitrogens with one attached hydrogen (secondary N) is 1. The molecule has 166 valence electrons. The van der Waals surface area contributed by atoms with Crippen molar-refractivity contribution in [2.75, 3.05) is 31.5 Å². The van der Waals surface area contributed by atoms with Crippen LogP contribution < -0.4 is 14.8 Å². The molecule has 1 aliphatic carbocycles. The fraction of sp³-hybridized carbons (Fsp3) is 0.667. The molecule has 15 heteroatoms. The Labute approximate surface area is 172 Å². The largest absolute Gasteiger partial charge is 0.575 e. The van der Waals surface area contributed by atoms with Gasteiger partial charge >= 0.3 is 21.3 Å². The highest BCUT2D eigenvalue weighted by atomic mass is 31.3. The van der Waals surface area contributed by atoms with Crippen molar-refractivity contribution in [3.63, 3.8) is 0 Å². The Hall–Kier alpha value is -1.59. The average Bonchev–Trinajstić information content (AvgIpc) is 3.29. The summed E-state index contributed by atoms with van der Waals surface area (Å²) in [6.45, 7) is 3.90. The summed E-state index contributed by atoms with van der Waals surface area (Å²) in [4.78, 5) is 30.4. The molecule has 0 spiro atoms. The molecule has 1 unspecified atom stereocenters. The molecule has 0 bridgehead atoms. The summed E-state index contributed by atoms with van der Waals surface area (Å²) in [5.74, 6) is 0.736. The first-order chi connectivity index (χ1) is 14.2. The smallest absolute Gasteiger partial charge is 0.365 e. The van der Waals surface area contributed by atoms with E-state index in [1.54, 1.807) is 0 Å². The Morgan fingerprint density at radius 2 is 1.80 bits per heavy atom. The molecule has 4 N–H and O–H groups in total. The Balaban J connectivity index is 1.60. The van der Waals surface area contributed by atoms with Crippen LogP contribution in [-0.2, 0) is 26.3 Å². The average molecular weight is 463 g/mol. The molecule has 2 aliphatic rings. The van der Waals surface area contributed by atoms with Crippen LogP contribution in [0.3, 0.4) is 0 Å². The van der Waals surface area contributed by atoms with E-state index in [1.807, 2.05) is 0 Å². The van der Waals surface area contributed by atoms with Gasteiger partial charge in [-0.3, -0.25) is 4.89 Å². The standard InChI is InChI=1S/C15H24N6O7P2/c22-29(23,24)28-30(25,26)27-21-15-13-6-2-1-5-12(13)14(18-20(15)11-17-21)16-7-10-19-8-3-4-9-19/h11H,1-10H2,(H3-,16,18,22,23,24,25,26)/p+1. The third-order valence-corrected chi connectivity index (χ3v) is 7.24. The molecule has 0 amide bonds. The summed E-state index contributed by atoms with van der Waals surface area (Å²) >= 11 is 0.